The minimum absolute atomic E-state index is 0.0184. The lowest BCUT2D eigenvalue weighted by atomic mass is 10.1. The third-order valence-electron chi connectivity index (χ3n) is 2.08. The summed E-state index contributed by atoms with van der Waals surface area (Å²) in [6, 6.07) is 3.91. The molecule has 0 spiro atoms. The second-order valence-corrected chi connectivity index (χ2v) is 3.12. The van der Waals surface area contributed by atoms with Gasteiger partial charge >= 0.3 is 6.01 Å². The molecule has 16 heavy (non-hydrogen) atoms. The number of aromatic hydroxyl groups is 1. The smallest absolute Gasteiger partial charge is 0.316 e. The molecule has 0 fully saturated rings. The summed E-state index contributed by atoms with van der Waals surface area (Å²) in [5, 5.41) is 9.56. The van der Waals surface area contributed by atoms with Gasteiger partial charge in [0.2, 0.25) is 0 Å². The van der Waals surface area contributed by atoms with Gasteiger partial charge in [0.25, 0.3) is 0 Å². The summed E-state index contributed by atoms with van der Waals surface area (Å²) in [7, 11) is 1.45. The first kappa shape index (κ1) is 10.4. The molecule has 2 rings (SSSR count). The van der Waals surface area contributed by atoms with Crippen LogP contribution in [-0.2, 0) is 0 Å². The van der Waals surface area contributed by atoms with E-state index in [4.69, 9.17) is 4.74 Å². The monoisotopic (exact) mass is 220 g/mol. The maximum atomic E-state index is 13.0. The van der Waals surface area contributed by atoms with Crippen molar-refractivity contribution in [2.45, 2.75) is 0 Å². The number of methoxy groups -OCH3 is 1. The minimum atomic E-state index is -0.427. The van der Waals surface area contributed by atoms with Crippen molar-refractivity contribution < 1.29 is 14.2 Å². The summed E-state index contributed by atoms with van der Waals surface area (Å²) < 4.78 is 17.8. The van der Waals surface area contributed by atoms with E-state index in [-0.39, 0.29) is 11.8 Å². The van der Waals surface area contributed by atoms with Crippen molar-refractivity contribution >= 4 is 0 Å². The Morgan fingerprint density at radius 1 is 1.25 bits per heavy atom. The molecule has 1 aromatic carbocycles. The fourth-order valence-corrected chi connectivity index (χ4v) is 1.30. The summed E-state index contributed by atoms with van der Waals surface area (Å²) in [5.74, 6) is -0.446. The molecule has 0 aliphatic carbocycles. The van der Waals surface area contributed by atoms with Gasteiger partial charge in [-0.2, -0.15) is 0 Å². The number of aromatic nitrogens is 2. The van der Waals surface area contributed by atoms with Gasteiger partial charge in [0.05, 0.1) is 7.11 Å². The lowest BCUT2D eigenvalue weighted by Gasteiger charge is -2.04. The lowest BCUT2D eigenvalue weighted by Crippen LogP contribution is -1.91. The second-order valence-electron chi connectivity index (χ2n) is 3.12. The van der Waals surface area contributed by atoms with Gasteiger partial charge in [-0.05, 0) is 18.2 Å². The number of rotatable bonds is 2. The summed E-state index contributed by atoms with van der Waals surface area (Å²) in [4.78, 5) is 7.75. The molecule has 4 nitrogen and oxygen atoms in total. The molecule has 0 aliphatic heterocycles. The van der Waals surface area contributed by atoms with Crippen molar-refractivity contribution in [3.05, 3.63) is 36.4 Å². The summed E-state index contributed by atoms with van der Waals surface area (Å²) in [5.41, 5.74) is 0.875. The van der Waals surface area contributed by atoms with Crippen LogP contribution in [0.3, 0.4) is 0 Å². The molecule has 0 amide bonds. The van der Waals surface area contributed by atoms with Crippen molar-refractivity contribution in [3.63, 3.8) is 0 Å². The molecule has 1 heterocycles. The fraction of sp³-hybridized carbons (Fsp3) is 0.0909. The van der Waals surface area contributed by atoms with Gasteiger partial charge in [0.15, 0.2) is 0 Å². The molecule has 0 aliphatic rings. The van der Waals surface area contributed by atoms with Gasteiger partial charge in [-0.25, -0.2) is 14.4 Å². The lowest BCUT2D eigenvalue weighted by molar-refractivity contribution is 0.380. The summed E-state index contributed by atoms with van der Waals surface area (Å²) >= 11 is 0. The van der Waals surface area contributed by atoms with E-state index < -0.39 is 5.82 Å². The number of ether oxygens (including phenoxy) is 1. The Kier molecular flexibility index (Phi) is 2.68. The zero-order valence-electron chi connectivity index (χ0n) is 8.51. The molecule has 5 heteroatoms. The quantitative estimate of drug-likeness (QED) is 0.840. The van der Waals surface area contributed by atoms with Crippen LogP contribution >= 0.6 is 0 Å². The van der Waals surface area contributed by atoms with Crippen LogP contribution in [0.15, 0.2) is 30.6 Å². The Labute approximate surface area is 91.4 Å². The fourth-order valence-electron chi connectivity index (χ4n) is 1.30. The van der Waals surface area contributed by atoms with E-state index in [1.165, 1.54) is 37.7 Å². The highest BCUT2D eigenvalue weighted by Crippen LogP contribution is 2.28. The van der Waals surface area contributed by atoms with Gasteiger partial charge in [-0.3, -0.25) is 0 Å². The van der Waals surface area contributed by atoms with E-state index in [2.05, 4.69) is 9.97 Å². The van der Waals surface area contributed by atoms with Gasteiger partial charge in [-0.15, -0.1) is 0 Å². The Hall–Kier alpha value is -2.17. The van der Waals surface area contributed by atoms with Crippen LogP contribution in [0.1, 0.15) is 0 Å². The van der Waals surface area contributed by atoms with Crippen LogP contribution in [0.4, 0.5) is 4.39 Å². The number of benzene rings is 1. The van der Waals surface area contributed by atoms with E-state index in [0.29, 0.717) is 11.1 Å². The maximum absolute atomic E-state index is 13.0. The van der Waals surface area contributed by atoms with Crippen LogP contribution in [0.25, 0.3) is 11.1 Å². The molecule has 0 unspecified atom stereocenters. The van der Waals surface area contributed by atoms with Crippen molar-refractivity contribution in [1.29, 1.82) is 0 Å². The number of hydrogen-bond acceptors (Lipinski definition) is 4. The van der Waals surface area contributed by atoms with E-state index in [1.807, 2.05) is 0 Å². The first-order valence-electron chi connectivity index (χ1n) is 4.55. The van der Waals surface area contributed by atoms with Crippen molar-refractivity contribution in [2.75, 3.05) is 7.11 Å². The molecule has 82 valence electrons. The van der Waals surface area contributed by atoms with Crippen LogP contribution in [0.2, 0.25) is 0 Å². The van der Waals surface area contributed by atoms with Gasteiger partial charge in [0, 0.05) is 23.5 Å². The largest absolute Gasteiger partial charge is 0.507 e. The first-order chi connectivity index (χ1) is 7.70. The number of nitrogens with zero attached hydrogens (tertiary/aromatic N) is 2. The second kappa shape index (κ2) is 4.14. The molecule has 2 aromatic rings. The zero-order chi connectivity index (χ0) is 11.5. The van der Waals surface area contributed by atoms with Crippen molar-refractivity contribution in [1.82, 2.24) is 9.97 Å². The van der Waals surface area contributed by atoms with Gasteiger partial charge in [-0.1, -0.05) is 0 Å². The molecule has 0 saturated carbocycles. The molecule has 1 aromatic heterocycles. The molecule has 0 radical (unpaired) electrons. The predicted octanol–water partition coefficient (Wildman–Crippen LogP) is 2.00. The maximum Gasteiger partial charge on any atom is 0.316 e. The number of phenolic OH excluding ortho intramolecular Hbond substituents is 1. The highest BCUT2D eigenvalue weighted by atomic mass is 19.1. The number of halogens is 1. The average Bonchev–Trinajstić information content (AvgIpc) is 2.32. The third-order valence-corrected chi connectivity index (χ3v) is 2.08. The molecule has 0 atom stereocenters. The predicted molar refractivity (Wildman–Crippen MR) is 55.6 cm³/mol. The Bertz CT molecular complexity index is 500. The highest BCUT2D eigenvalue weighted by Gasteiger charge is 2.07. The van der Waals surface area contributed by atoms with Crippen molar-refractivity contribution in [2.24, 2.45) is 0 Å². The molecule has 1 N–H and O–H groups in total. The summed E-state index contributed by atoms with van der Waals surface area (Å²) in [6.07, 6.45) is 2.92. The third kappa shape index (κ3) is 1.93. The van der Waals surface area contributed by atoms with Crippen LogP contribution in [0, 0.1) is 5.82 Å². The Morgan fingerprint density at radius 2 is 1.94 bits per heavy atom. The van der Waals surface area contributed by atoms with Crippen LogP contribution in [0.5, 0.6) is 11.8 Å². The summed E-state index contributed by atoms with van der Waals surface area (Å²) in [6.45, 7) is 0. The number of phenols is 1. The number of hydrogen-bond donors (Lipinski definition) is 1. The molecular formula is C11H9FN2O2. The van der Waals surface area contributed by atoms with E-state index in [0.717, 1.165) is 0 Å². The van der Waals surface area contributed by atoms with Crippen LogP contribution < -0.4 is 4.74 Å². The van der Waals surface area contributed by atoms with Gasteiger partial charge in [0.1, 0.15) is 11.6 Å². The van der Waals surface area contributed by atoms with E-state index in [1.54, 1.807) is 0 Å². The van der Waals surface area contributed by atoms with E-state index >= 15 is 0 Å². The minimum Gasteiger partial charge on any atom is -0.507 e. The molecule has 0 saturated heterocycles. The van der Waals surface area contributed by atoms with Gasteiger partial charge < -0.3 is 9.84 Å². The standard InChI is InChI=1S/C11H9FN2O2/c1-16-11-13-5-7(6-14-11)9-4-8(12)2-3-10(9)15/h2-6,15H,1H3. The first-order valence-corrected chi connectivity index (χ1v) is 4.55. The highest BCUT2D eigenvalue weighted by molar-refractivity contribution is 5.68. The van der Waals surface area contributed by atoms with E-state index in [9.17, 15) is 9.50 Å². The van der Waals surface area contributed by atoms with Crippen LogP contribution in [-0.4, -0.2) is 22.2 Å². The Balaban J connectivity index is 2.45. The molecular weight excluding hydrogens is 211 g/mol. The zero-order valence-corrected chi connectivity index (χ0v) is 8.51. The Morgan fingerprint density at radius 3 is 2.56 bits per heavy atom. The normalized spacial score (nSPS) is 10.1. The average molecular weight is 220 g/mol. The van der Waals surface area contributed by atoms with Crippen molar-refractivity contribution in [3.8, 4) is 22.9 Å². The molecule has 0 bridgehead atoms. The topological polar surface area (TPSA) is 55.2 Å². The SMILES string of the molecule is COc1ncc(-c2cc(F)ccc2O)cn1.